The Morgan fingerprint density at radius 2 is 2.16 bits per heavy atom. The summed E-state index contributed by atoms with van der Waals surface area (Å²) >= 11 is 3.44. The number of nitrogens with one attached hydrogen (secondary N) is 1. The van der Waals surface area contributed by atoms with E-state index >= 15 is 0 Å². The lowest BCUT2D eigenvalue weighted by atomic mass is 10.2. The molecule has 0 aromatic heterocycles. The third-order valence-corrected chi connectivity index (χ3v) is 3.46. The molecule has 1 aromatic carbocycles. The van der Waals surface area contributed by atoms with Crippen molar-refractivity contribution < 1.29 is 9.53 Å². The third-order valence-electron chi connectivity index (χ3n) is 2.84. The van der Waals surface area contributed by atoms with Crippen molar-refractivity contribution in [3.63, 3.8) is 0 Å². The van der Waals surface area contributed by atoms with Gasteiger partial charge in [-0.25, -0.2) is 0 Å². The van der Waals surface area contributed by atoms with Crippen LogP contribution in [0.2, 0.25) is 0 Å². The van der Waals surface area contributed by atoms with Crippen molar-refractivity contribution in [2.75, 3.05) is 6.54 Å². The fourth-order valence-corrected chi connectivity index (χ4v) is 2.26. The van der Waals surface area contributed by atoms with Gasteiger partial charge in [-0.1, -0.05) is 25.8 Å². The Hall–Kier alpha value is -1.03. The predicted octanol–water partition coefficient (Wildman–Crippen LogP) is 3.83. The molecule has 19 heavy (non-hydrogen) atoms. The lowest BCUT2D eigenvalue weighted by Crippen LogP contribution is -2.36. The van der Waals surface area contributed by atoms with E-state index in [1.165, 1.54) is 0 Å². The first-order chi connectivity index (χ1) is 9.04. The minimum atomic E-state index is -0.486. The van der Waals surface area contributed by atoms with Crippen molar-refractivity contribution in [3.8, 4) is 5.75 Å². The summed E-state index contributed by atoms with van der Waals surface area (Å²) < 4.78 is 6.53. The van der Waals surface area contributed by atoms with Crippen molar-refractivity contribution in [1.29, 1.82) is 0 Å². The molecule has 0 saturated heterocycles. The van der Waals surface area contributed by atoms with Crippen molar-refractivity contribution in [2.45, 2.75) is 46.1 Å². The zero-order valence-corrected chi connectivity index (χ0v) is 13.4. The number of benzene rings is 1. The quantitative estimate of drug-likeness (QED) is 0.773. The summed E-state index contributed by atoms with van der Waals surface area (Å²) in [7, 11) is 0. The van der Waals surface area contributed by atoms with Gasteiger partial charge in [0.25, 0.3) is 5.91 Å². The highest BCUT2D eigenvalue weighted by molar-refractivity contribution is 9.10. The lowest BCUT2D eigenvalue weighted by molar-refractivity contribution is -0.127. The van der Waals surface area contributed by atoms with Gasteiger partial charge in [-0.3, -0.25) is 4.79 Å². The molecule has 0 bridgehead atoms. The molecule has 0 aliphatic heterocycles. The molecule has 0 fully saturated rings. The van der Waals surface area contributed by atoms with Gasteiger partial charge in [-0.15, -0.1) is 0 Å². The minimum Gasteiger partial charge on any atom is -0.480 e. The first kappa shape index (κ1) is 16.0. The highest BCUT2D eigenvalue weighted by atomic mass is 79.9. The van der Waals surface area contributed by atoms with E-state index < -0.39 is 6.10 Å². The van der Waals surface area contributed by atoms with Gasteiger partial charge in [0.05, 0.1) is 4.47 Å². The molecule has 1 rings (SSSR count). The van der Waals surface area contributed by atoms with Gasteiger partial charge in [0.15, 0.2) is 6.10 Å². The normalized spacial score (nSPS) is 12.0. The number of halogens is 1. The number of aryl methyl sites for hydroxylation is 1. The van der Waals surface area contributed by atoms with E-state index in [-0.39, 0.29) is 5.91 Å². The number of ether oxygens (including phenoxy) is 1. The molecule has 1 N–H and O–H groups in total. The summed E-state index contributed by atoms with van der Waals surface area (Å²) in [5.74, 6) is 0.630. The van der Waals surface area contributed by atoms with Crippen LogP contribution in [-0.4, -0.2) is 18.6 Å². The average Bonchev–Trinajstić information content (AvgIpc) is 2.37. The average molecular weight is 328 g/mol. The molecular weight excluding hydrogens is 306 g/mol. The van der Waals surface area contributed by atoms with E-state index in [1.807, 2.05) is 25.1 Å². The number of hydrogen-bond donors (Lipinski definition) is 1. The summed E-state index contributed by atoms with van der Waals surface area (Å²) in [6.07, 6.45) is 2.82. The summed E-state index contributed by atoms with van der Waals surface area (Å²) in [6.45, 7) is 6.64. The summed E-state index contributed by atoms with van der Waals surface area (Å²) in [6, 6.07) is 5.81. The zero-order valence-electron chi connectivity index (χ0n) is 11.8. The number of amides is 1. The second kappa shape index (κ2) is 8.20. The molecule has 1 amide bonds. The zero-order chi connectivity index (χ0) is 14.3. The Morgan fingerprint density at radius 1 is 1.42 bits per heavy atom. The van der Waals surface area contributed by atoms with Crippen molar-refractivity contribution in [2.24, 2.45) is 0 Å². The Bertz CT molecular complexity index is 421. The molecule has 1 aromatic rings. The van der Waals surface area contributed by atoms with Gasteiger partial charge >= 0.3 is 0 Å². The van der Waals surface area contributed by atoms with Crippen molar-refractivity contribution >= 4 is 21.8 Å². The molecule has 0 spiro atoms. The molecule has 0 aliphatic carbocycles. The van der Waals surface area contributed by atoms with Gasteiger partial charge in [0.1, 0.15) is 5.75 Å². The lowest BCUT2D eigenvalue weighted by Gasteiger charge is -2.16. The number of carbonyl (C=O) groups excluding carboxylic acids is 1. The SMILES string of the molecule is CCCCCNC(=O)C(C)Oc1ccc(C)cc1Br. The molecule has 4 heteroatoms. The molecule has 1 atom stereocenters. The molecule has 1 unspecified atom stereocenters. The molecular formula is C15H22BrNO2. The standard InChI is InChI=1S/C15H22BrNO2/c1-4-5-6-9-17-15(18)12(3)19-14-8-7-11(2)10-13(14)16/h7-8,10,12H,4-6,9H2,1-3H3,(H,17,18). The molecule has 0 saturated carbocycles. The fraction of sp³-hybridized carbons (Fsp3) is 0.533. The number of carbonyl (C=O) groups is 1. The van der Waals surface area contributed by atoms with E-state index in [9.17, 15) is 4.79 Å². The van der Waals surface area contributed by atoms with Gasteiger partial charge < -0.3 is 10.1 Å². The Balaban J connectivity index is 2.45. The highest BCUT2D eigenvalue weighted by Crippen LogP contribution is 2.26. The van der Waals surface area contributed by atoms with E-state index in [2.05, 4.69) is 28.2 Å². The van der Waals surface area contributed by atoms with Crippen LogP contribution in [0.1, 0.15) is 38.7 Å². The van der Waals surface area contributed by atoms with E-state index in [0.29, 0.717) is 5.75 Å². The van der Waals surface area contributed by atoms with Crippen molar-refractivity contribution in [3.05, 3.63) is 28.2 Å². The Labute approximate surface area is 123 Å². The largest absolute Gasteiger partial charge is 0.480 e. The van der Waals surface area contributed by atoms with Crippen LogP contribution in [0.25, 0.3) is 0 Å². The molecule has 0 heterocycles. The summed E-state index contributed by atoms with van der Waals surface area (Å²) in [5.41, 5.74) is 1.15. The second-order valence-electron chi connectivity index (χ2n) is 4.69. The van der Waals surface area contributed by atoms with Crippen LogP contribution >= 0.6 is 15.9 Å². The van der Waals surface area contributed by atoms with E-state index in [1.54, 1.807) is 6.92 Å². The van der Waals surface area contributed by atoms with Gasteiger partial charge in [0.2, 0.25) is 0 Å². The second-order valence-corrected chi connectivity index (χ2v) is 5.55. The predicted molar refractivity (Wildman–Crippen MR) is 81.5 cm³/mol. The van der Waals surface area contributed by atoms with Gasteiger partial charge in [0, 0.05) is 6.54 Å². The van der Waals surface area contributed by atoms with Crippen LogP contribution in [0, 0.1) is 6.92 Å². The molecule has 0 radical (unpaired) electrons. The van der Waals surface area contributed by atoms with Gasteiger partial charge in [-0.2, -0.15) is 0 Å². The van der Waals surface area contributed by atoms with Gasteiger partial charge in [-0.05, 0) is 53.9 Å². The van der Waals surface area contributed by atoms with Crippen LogP contribution in [0.5, 0.6) is 5.75 Å². The van der Waals surface area contributed by atoms with E-state index in [4.69, 9.17) is 4.74 Å². The van der Waals surface area contributed by atoms with Crippen LogP contribution in [0.4, 0.5) is 0 Å². The molecule has 106 valence electrons. The number of hydrogen-bond acceptors (Lipinski definition) is 2. The Morgan fingerprint density at radius 3 is 2.79 bits per heavy atom. The van der Waals surface area contributed by atoms with Crippen LogP contribution in [0.15, 0.2) is 22.7 Å². The van der Waals surface area contributed by atoms with Crippen LogP contribution in [0.3, 0.4) is 0 Å². The van der Waals surface area contributed by atoms with Crippen molar-refractivity contribution in [1.82, 2.24) is 5.32 Å². The first-order valence-corrected chi connectivity index (χ1v) is 7.54. The molecule has 0 aliphatic rings. The molecule has 3 nitrogen and oxygen atoms in total. The maximum Gasteiger partial charge on any atom is 0.260 e. The maximum absolute atomic E-state index is 11.8. The van der Waals surface area contributed by atoms with Crippen LogP contribution in [-0.2, 0) is 4.79 Å². The fourth-order valence-electron chi connectivity index (χ4n) is 1.68. The Kier molecular flexibility index (Phi) is 6.92. The first-order valence-electron chi connectivity index (χ1n) is 6.75. The monoisotopic (exact) mass is 327 g/mol. The highest BCUT2D eigenvalue weighted by Gasteiger charge is 2.15. The maximum atomic E-state index is 11.8. The third kappa shape index (κ3) is 5.64. The smallest absolute Gasteiger partial charge is 0.260 e. The summed E-state index contributed by atoms with van der Waals surface area (Å²) in [4.78, 5) is 11.8. The summed E-state index contributed by atoms with van der Waals surface area (Å²) in [5, 5.41) is 2.89. The number of unbranched alkanes of at least 4 members (excludes halogenated alkanes) is 2. The minimum absolute atomic E-state index is 0.0661. The van der Waals surface area contributed by atoms with Crippen LogP contribution < -0.4 is 10.1 Å². The number of rotatable bonds is 7. The topological polar surface area (TPSA) is 38.3 Å². The van der Waals surface area contributed by atoms with E-state index in [0.717, 1.165) is 35.8 Å².